The molecule has 0 amide bonds. The Morgan fingerprint density at radius 3 is 2.48 bits per heavy atom. The molecule has 0 saturated heterocycles. The number of benzene rings is 1. The third-order valence-electron chi connectivity index (χ3n) is 4.50. The van der Waals surface area contributed by atoms with Crippen LogP contribution in [0.2, 0.25) is 0 Å². The van der Waals surface area contributed by atoms with E-state index in [-0.39, 0.29) is 24.0 Å². The molecular weight excluding hydrogens is 473 g/mol. The molecule has 1 N–H and O–H groups in total. The van der Waals surface area contributed by atoms with Crippen LogP contribution < -0.4 is 14.8 Å². The number of methoxy groups -OCH3 is 2. The molecule has 2 aromatic rings. The summed E-state index contributed by atoms with van der Waals surface area (Å²) < 4.78 is 10.8. The average Bonchev–Trinajstić information content (AvgIpc) is 3.18. The van der Waals surface area contributed by atoms with Crippen molar-refractivity contribution in [1.29, 1.82) is 0 Å². The van der Waals surface area contributed by atoms with E-state index in [2.05, 4.69) is 45.9 Å². The third-order valence-corrected chi connectivity index (χ3v) is 5.20. The minimum Gasteiger partial charge on any atom is -0.493 e. The summed E-state index contributed by atoms with van der Waals surface area (Å²) in [4.78, 5) is 6.54. The molecule has 0 radical (unpaired) electrons. The van der Waals surface area contributed by atoms with Crippen LogP contribution in [0.5, 0.6) is 11.5 Å². The normalized spacial score (nSPS) is 12.1. The number of thiophene rings is 1. The molecule has 2 rings (SSSR count). The quantitative estimate of drug-likeness (QED) is 0.344. The van der Waals surface area contributed by atoms with Crippen LogP contribution in [0.1, 0.15) is 29.5 Å². The summed E-state index contributed by atoms with van der Waals surface area (Å²) in [7, 11) is 7.17. The van der Waals surface area contributed by atoms with Crippen molar-refractivity contribution in [2.24, 2.45) is 4.99 Å². The molecule has 150 valence electrons. The van der Waals surface area contributed by atoms with Gasteiger partial charge in [0.2, 0.25) is 0 Å². The Labute approximate surface area is 183 Å². The largest absolute Gasteiger partial charge is 0.493 e. The smallest absolute Gasteiger partial charge is 0.193 e. The summed E-state index contributed by atoms with van der Waals surface area (Å²) in [6, 6.07) is 6.22. The first-order valence-corrected chi connectivity index (χ1v) is 9.59. The molecule has 0 saturated carbocycles. The van der Waals surface area contributed by atoms with E-state index < -0.39 is 0 Å². The van der Waals surface area contributed by atoms with E-state index >= 15 is 0 Å². The Bertz CT molecular complexity index is 735. The molecule has 1 unspecified atom stereocenters. The van der Waals surface area contributed by atoms with Gasteiger partial charge in [0, 0.05) is 27.2 Å². The van der Waals surface area contributed by atoms with Gasteiger partial charge in [0.1, 0.15) is 0 Å². The van der Waals surface area contributed by atoms with Gasteiger partial charge in [-0.1, -0.05) is 6.92 Å². The molecule has 0 bridgehead atoms. The van der Waals surface area contributed by atoms with E-state index in [0.29, 0.717) is 5.92 Å². The van der Waals surface area contributed by atoms with Crippen molar-refractivity contribution < 1.29 is 9.47 Å². The first-order chi connectivity index (χ1) is 12.5. The average molecular weight is 503 g/mol. The van der Waals surface area contributed by atoms with Gasteiger partial charge in [-0.3, -0.25) is 4.99 Å². The van der Waals surface area contributed by atoms with Crippen molar-refractivity contribution in [3.8, 4) is 11.5 Å². The second-order valence-electron chi connectivity index (χ2n) is 6.38. The van der Waals surface area contributed by atoms with Crippen LogP contribution >= 0.6 is 35.3 Å². The van der Waals surface area contributed by atoms with Gasteiger partial charge < -0.3 is 19.7 Å². The minimum atomic E-state index is 0. The Morgan fingerprint density at radius 2 is 1.93 bits per heavy atom. The monoisotopic (exact) mass is 503 g/mol. The van der Waals surface area contributed by atoms with Gasteiger partial charge >= 0.3 is 0 Å². The van der Waals surface area contributed by atoms with Gasteiger partial charge in [-0.05, 0) is 58.5 Å². The number of nitrogens with zero attached hydrogens (tertiary/aromatic N) is 2. The zero-order chi connectivity index (χ0) is 19.1. The molecule has 0 fully saturated rings. The second kappa shape index (κ2) is 11.4. The molecule has 0 aliphatic rings. The third kappa shape index (κ3) is 6.27. The lowest BCUT2D eigenvalue weighted by Crippen LogP contribution is -2.40. The van der Waals surface area contributed by atoms with Crippen LogP contribution in [0.25, 0.3) is 0 Å². The van der Waals surface area contributed by atoms with Crippen LogP contribution in [0.3, 0.4) is 0 Å². The fourth-order valence-corrected chi connectivity index (χ4v) is 3.61. The number of hydrogen-bond donors (Lipinski definition) is 1. The molecule has 0 aliphatic carbocycles. The Hall–Kier alpha value is -1.48. The standard InChI is InChI=1S/C20H29N3O2S.HI/c1-14-9-18(24-5)19(25-6)10-17(14)12-23(4)20(21-3)22-11-15(2)16-7-8-26-13-16;/h7-10,13,15H,11-12H2,1-6H3,(H,21,22);1H. The molecule has 7 heteroatoms. The molecule has 1 aromatic heterocycles. The number of halogens is 1. The van der Waals surface area contributed by atoms with Crippen molar-refractivity contribution in [1.82, 2.24) is 10.2 Å². The topological polar surface area (TPSA) is 46.1 Å². The second-order valence-corrected chi connectivity index (χ2v) is 7.16. The first-order valence-electron chi connectivity index (χ1n) is 8.65. The highest BCUT2D eigenvalue weighted by molar-refractivity contribution is 14.0. The first kappa shape index (κ1) is 23.6. The van der Waals surface area contributed by atoms with E-state index in [9.17, 15) is 0 Å². The summed E-state index contributed by atoms with van der Waals surface area (Å²) >= 11 is 1.73. The summed E-state index contributed by atoms with van der Waals surface area (Å²) in [6.45, 7) is 5.89. The number of hydrogen-bond acceptors (Lipinski definition) is 4. The molecule has 0 spiro atoms. The number of nitrogens with one attached hydrogen (secondary N) is 1. The maximum absolute atomic E-state index is 5.43. The zero-order valence-corrected chi connectivity index (χ0v) is 20.1. The van der Waals surface area contributed by atoms with Crippen molar-refractivity contribution in [3.05, 3.63) is 45.6 Å². The van der Waals surface area contributed by atoms with Crippen LogP contribution in [0.15, 0.2) is 34.0 Å². The molecule has 1 heterocycles. The number of rotatable bonds is 7. The molecule has 1 aromatic carbocycles. The van der Waals surface area contributed by atoms with Gasteiger partial charge in [0.15, 0.2) is 17.5 Å². The molecule has 27 heavy (non-hydrogen) atoms. The highest BCUT2D eigenvalue weighted by Gasteiger charge is 2.14. The van der Waals surface area contributed by atoms with E-state index in [1.165, 1.54) is 11.1 Å². The number of guanidine groups is 1. The van der Waals surface area contributed by atoms with E-state index in [0.717, 1.165) is 36.1 Å². The van der Waals surface area contributed by atoms with Crippen molar-refractivity contribution >= 4 is 41.3 Å². The SMILES string of the molecule is CN=C(NCC(C)c1ccsc1)N(C)Cc1cc(OC)c(OC)cc1C.I. The summed E-state index contributed by atoms with van der Waals surface area (Å²) in [5.41, 5.74) is 3.70. The lowest BCUT2D eigenvalue weighted by atomic mass is 10.1. The summed E-state index contributed by atoms with van der Waals surface area (Å²) in [5, 5.41) is 7.79. The van der Waals surface area contributed by atoms with Crippen molar-refractivity contribution in [2.45, 2.75) is 26.3 Å². The van der Waals surface area contributed by atoms with Gasteiger partial charge in [0.05, 0.1) is 14.2 Å². The van der Waals surface area contributed by atoms with Crippen LogP contribution in [0.4, 0.5) is 0 Å². The predicted molar refractivity (Wildman–Crippen MR) is 125 cm³/mol. The van der Waals surface area contributed by atoms with Crippen LogP contribution in [0, 0.1) is 6.92 Å². The fourth-order valence-electron chi connectivity index (χ4n) is 2.83. The van der Waals surface area contributed by atoms with Gasteiger partial charge in [-0.2, -0.15) is 11.3 Å². The van der Waals surface area contributed by atoms with Crippen molar-refractivity contribution in [3.63, 3.8) is 0 Å². The lowest BCUT2D eigenvalue weighted by molar-refractivity contribution is 0.353. The maximum Gasteiger partial charge on any atom is 0.193 e. The highest BCUT2D eigenvalue weighted by Crippen LogP contribution is 2.30. The van der Waals surface area contributed by atoms with E-state index in [1.54, 1.807) is 25.6 Å². The van der Waals surface area contributed by atoms with Crippen LogP contribution in [-0.2, 0) is 6.54 Å². The predicted octanol–water partition coefficient (Wildman–Crippen LogP) is 4.50. The number of aliphatic imine (C=N–C) groups is 1. The molecular formula is C20H30IN3O2S. The molecule has 1 atom stereocenters. The minimum absolute atomic E-state index is 0. The fraction of sp³-hybridized carbons (Fsp3) is 0.450. The number of aryl methyl sites for hydroxylation is 1. The summed E-state index contributed by atoms with van der Waals surface area (Å²) in [6.07, 6.45) is 0. The Balaban J connectivity index is 0.00000364. The molecule has 5 nitrogen and oxygen atoms in total. The zero-order valence-electron chi connectivity index (χ0n) is 16.9. The lowest BCUT2D eigenvalue weighted by Gasteiger charge is -2.24. The van der Waals surface area contributed by atoms with E-state index in [4.69, 9.17) is 9.47 Å². The Kier molecular flexibility index (Phi) is 9.93. The van der Waals surface area contributed by atoms with Gasteiger partial charge in [0.25, 0.3) is 0 Å². The summed E-state index contributed by atoms with van der Waals surface area (Å²) in [5.74, 6) is 2.81. The Morgan fingerprint density at radius 1 is 1.26 bits per heavy atom. The van der Waals surface area contributed by atoms with Gasteiger partial charge in [-0.15, -0.1) is 24.0 Å². The number of ether oxygens (including phenoxy) is 2. The van der Waals surface area contributed by atoms with Crippen LogP contribution in [-0.4, -0.2) is 45.7 Å². The highest BCUT2D eigenvalue weighted by atomic mass is 127. The van der Waals surface area contributed by atoms with Gasteiger partial charge in [-0.25, -0.2) is 0 Å². The van der Waals surface area contributed by atoms with Crippen molar-refractivity contribution in [2.75, 3.05) is 34.9 Å². The maximum atomic E-state index is 5.43. The van der Waals surface area contributed by atoms with E-state index in [1.807, 2.05) is 26.2 Å². The molecule has 0 aliphatic heterocycles.